The first kappa shape index (κ1) is 19.0. The molecule has 1 N–H and O–H groups in total. The Labute approximate surface area is 163 Å². The number of hydrogen-bond donors (Lipinski definition) is 1. The molecule has 0 fully saturated rings. The van der Waals surface area contributed by atoms with Crippen molar-refractivity contribution in [1.29, 1.82) is 0 Å². The van der Waals surface area contributed by atoms with Crippen LogP contribution in [0.15, 0.2) is 59.7 Å². The van der Waals surface area contributed by atoms with E-state index in [4.69, 9.17) is 16.3 Å². The van der Waals surface area contributed by atoms with Crippen LogP contribution in [0.1, 0.15) is 24.0 Å². The second-order valence-electron chi connectivity index (χ2n) is 6.42. The van der Waals surface area contributed by atoms with Gasteiger partial charge in [0.2, 0.25) is 0 Å². The number of halogens is 1. The molecule has 0 spiro atoms. The molecule has 0 amide bonds. The molecule has 1 aromatic heterocycles. The maximum atomic E-state index is 12.9. The molecule has 3 aromatic rings. The molecule has 6 heteroatoms. The van der Waals surface area contributed by atoms with Crippen LogP contribution in [0.25, 0.3) is 5.69 Å². The van der Waals surface area contributed by atoms with E-state index in [0.717, 1.165) is 5.56 Å². The minimum absolute atomic E-state index is 0.238. The minimum Gasteiger partial charge on any atom is -0.495 e. The van der Waals surface area contributed by atoms with E-state index in [0.29, 0.717) is 28.8 Å². The van der Waals surface area contributed by atoms with Gasteiger partial charge in [-0.05, 0) is 30.0 Å². The van der Waals surface area contributed by atoms with E-state index < -0.39 is 0 Å². The van der Waals surface area contributed by atoms with Crippen molar-refractivity contribution in [3.63, 3.8) is 0 Å². The number of hydrogen-bond acceptors (Lipinski definition) is 4. The topological polar surface area (TPSA) is 56.1 Å². The van der Waals surface area contributed by atoms with Crippen molar-refractivity contribution >= 4 is 17.4 Å². The fourth-order valence-electron chi connectivity index (χ4n) is 2.87. The summed E-state index contributed by atoms with van der Waals surface area (Å²) in [5, 5.41) is 3.76. The maximum absolute atomic E-state index is 12.9. The van der Waals surface area contributed by atoms with Crippen LogP contribution in [-0.2, 0) is 0 Å². The van der Waals surface area contributed by atoms with Crippen molar-refractivity contribution < 1.29 is 4.74 Å². The van der Waals surface area contributed by atoms with Gasteiger partial charge >= 0.3 is 0 Å². The van der Waals surface area contributed by atoms with Crippen molar-refractivity contribution in [3.05, 3.63) is 81.4 Å². The molecule has 140 valence electrons. The van der Waals surface area contributed by atoms with E-state index in [1.54, 1.807) is 25.6 Å². The zero-order valence-electron chi connectivity index (χ0n) is 15.6. The number of nitrogens with zero attached hydrogens (tertiary/aromatic N) is 2. The third-order valence-corrected chi connectivity index (χ3v) is 4.91. The standard InChI is InChI=1S/C21H22ClN3O2/c1-14-11-18(19(27-3)12-17(14)22)25-10-9-23-20(21(25)26)24-13-15(2)16-7-5-4-6-8-16/h4-12,15H,13H2,1-3H3,(H,23,24). The summed E-state index contributed by atoms with van der Waals surface area (Å²) in [6.45, 7) is 4.60. The van der Waals surface area contributed by atoms with Crippen molar-refractivity contribution in [1.82, 2.24) is 9.55 Å². The average molecular weight is 384 g/mol. The molecule has 0 aliphatic carbocycles. The van der Waals surface area contributed by atoms with E-state index in [2.05, 4.69) is 29.4 Å². The maximum Gasteiger partial charge on any atom is 0.297 e. The summed E-state index contributed by atoms with van der Waals surface area (Å²) in [5.74, 6) is 1.07. The van der Waals surface area contributed by atoms with Gasteiger partial charge in [0.05, 0.1) is 12.8 Å². The summed E-state index contributed by atoms with van der Waals surface area (Å²) < 4.78 is 6.92. The Bertz CT molecular complexity index is 986. The number of aryl methyl sites for hydroxylation is 1. The van der Waals surface area contributed by atoms with Gasteiger partial charge in [-0.15, -0.1) is 0 Å². The Morgan fingerprint density at radius 3 is 2.70 bits per heavy atom. The molecule has 0 aliphatic rings. The van der Waals surface area contributed by atoms with E-state index in [9.17, 15) is 4.79 Å². The lowest BCUT2D eigenvalue weighted by Crippen LogP contribution is -2.25. The van der Waals surface area contributed by atoms with Crippen LogP contribution in [-0.4, -0.2) is 23.2 Å². The van der Waals surface area contributed by atoms with E-state index >= 15 is 0 Å². The Kier molecular flexibility index (Phi) is 5.81. The fraction of sp³-hybridized carbons (Fsp3) is 0.238. The molecular weight excluding hydrogens is 362 g/mol. The van der Waals surface area contributed by atoms with Gasteiger partial charge in [0, 0.05) is 30.0 Å². The summed E-state index contributed by atoms with van der Waals surface area (Å²) in [6.07, 6.45) is 3.22. The van der Waals surface area contributed by atoms with E-state index in [1.807, 2.05) is 31.2 Å². The first-order chi connectivity index (χ1) is 13.0. The van der Waals surface area contributed by atoms with Crippen molar-refractivity contribution in [2.75, 3.05) is 19.0 Å². The lowest BCUT2D eigenvalue weighted by molar-refractivity contribution is 0.412. The van der Waals surface area contributed by atoms with Gasteiger partial charge in [-0.3, -0.25) is 9.36 Å². The van der Waals surface area contributed by atoms with Crippen LogP contribution in [0.4, 0.5) is 5.82 Å². The van der Waals surface area contributed by atoms with Crippen LogP contribution in [0.5, 0.6) is 5.75 Å². The highest BCUT2D eigenvalue weighted by molar-refractivity contribution is 6.31. The molecule has 0 saturated carbocycles. The van der Waals surface area contributed by atoms with Gasteiger partial charge in [0.1, 0.15) is 5.75 Å². The Morgan fingerprint density at radius 1 is 1.26 bits per heavy atom. The third kappa shape index (κ3) is 4.14. The number of benzene rings is 2. The van der Waals surface area contributed by atoms with Gasteiger partial charge in [-0.2, -0.15) is 0 Å². The van der Waals surface area contributed by atoms with Crippen LogP contribution >= 0.6 is 11.6 Å². The SMILES string of the molecule is COc1cc(Cl)c(C)cc1-n1ccnc(NCC(C)c2ccccc2)c1=O. The Balaban J connectivity index is 1.89. The highest BCUT2D eigenvalue weighted by Gasteiger charge is 2.14. The summed E-state index contributed by atoms with van der Waals surface area (Å²) in [4.78, 5) is 17.1. The van der Waals surface area contributed by atoms with Crippen LogP contribution in [0.2, 0.25) is 5.02 Å². The highest BCUT2D eigenvalue weighted by atomic mass is 35.5. The molecule has 2 aromatic carbocycles. The minimum atomic E-state index is -0.238. The largest absolute Gasteiger partial charge is 0.495 e. The summed E-state index contributed by atoms with van der Waals surface area (Å²) in [6, 6.07) is 13.7. The molecule has 0 aliphatic heterocycles. The fourth-order valence-corrected chi connectivity index (χ4v) is 3.03. The number of ether oxygens (including phenoxy) is 1. The molecule has 1 heterocycles. The molecule has 27 heavy (non-hydrogen) atoms. The molecule has 1 atom stereocenters. The van der Waals surface area contributed by atoms with Gasteiger partial charge in [0.15, 0.2) is 5.82 Å². The van der Waals surface area contributed by atoms with Gasteiger partial charge in [-0.1, -0.05) is 48.9 Å². The number of anilines is 1. The normalized spacial score (nSPS) is 11.9. The Morgan fingerprint density at radius 2 is 2.00 bits per heavy atom. The molecule has 1 unspecified atom stereocenters. The molecular formula is C21H22ClN3O2. The number of aromatic nitrogens is 2. The predicted molar refractivity (Wildman–Crippen MR) is 109 cm³/mol. The molecule has 3 rings (SSSR count). The number of methoxy groups -OCH3 is 1. The third-order valence-electron chi connectivity index (χ3n) is 4.50. The van der Waals surface area contributed by atoms with Crippen LogP contribution in [0, 0.1) is 6.92 Å². The van der Waals surface area contributed by atoms with Crippen LogP contribution in [0.3, 0.4) is 0 Å². The summed E-state index contributed by atoms with van der Waals surface area (Å²) in [7, 11) is 1.55. The highest BCUT2D eigenvalue weighted by Crippen LogP contribution is 2.29. The second-order valence-corrected chi connectivity index (χ2v) is 6.82. The summed E-state index contributed by atoms with van der Waals surface area (Å²) in [5.41, 5.74) is 2.46. The first-order valence-corrected chi connectivity index (χ1v) is 9.10. The monoisotopic (exact) mass is 383 g/mol. The molecule has 0 saturated heterocycles. The quantitative estimate of drug-likeness (QED) is 0.684. The van der Waals surface area contributed by atoms with Crippen molar-refractivity contribution in [2.24, 2.45) is 0 Å². The molecule has 5 nitrogen and oxygen atoms in total. The van der Waals surface area contributed by atoms with Crippen LogP contribution < -0.4 is 15.6 Å². The summed E-state index contributed by atoms with van der Waals surface area (Å²) >= 11 is 6.17. The molecule has 0 radical (unpaired) electrons. The van der Waals surface area contributed by atoms with E-state index in [1.165, 1.54) is 10.1 Å². The second kappa shape index (κ2) is 8.27. The zero-order valence-corrected chi connectivity index (χ0v) is 16.3. The number of rotatable bonds is 6. The van der Waals surface area contributed by atoms with Gasteiger partial charge < -0.3 is 10.1 Å². The van der Waals surface area contributed by atoms with Gasteiger partial charge in [0.25, 0.3) is 5.56 Å². The lowest BCUT2D eigenvalue weighted by Gasteiger charge is -2.16. The Hall–Kier alpha value is -2.79. The van der Waals surface area contributed by atoms with Gasteiger partial charge in [-0.25, -0.2) is 4.98 Å². The molecule has 0 bridgehead atoms. The first-order valence-electron chi connectivity index (χ1n) is 8.72. The zero-order chi connectivity index (χ0) is 19.4. The lowest BCUT2D eigenvalue weighted by atomic mass is 10.0. The van der Waals surface area contributed by atoms with E-state index in [-0.39, 0.29) is 11.5 Å². The predicted octanol–water partition coefficient (Wildman–Crippen LogP) is 4.42. The number of nitrogens with one attached hydrogen (secondary N) is 1. The smallest absolute Gasteiger partial charge is 0.297 e. The van der Waals surface area contributed by atoms with Crippen molar-refractivity contribution in [3.8, 4) is 11.4 Å². The van der Waals surface area contributed by atoms with Crippen molar-refractivity contribution in [2.45, 2.75) is 19.8 Å². The average Bonchev–Trinajstić information content (AvgIpc) is 2.69.